The second kappa shape index (κ2) is 7.10. The lowest BCUT2D eigenvalue weighted by atomic mass is 10.1. The molecule has 4 nitrogen and oxygen atoms in total. The van der Waals surface area contributed by atoms with Gasteiger partial charge in [0.25, 0.3) is 0 Å². The van der Waals surface area contributed by atoms with Gasteiger partial charge in [0.15, 0.2) is 0 Å². The predicted molar refractivity (Wildman–Crippen MR) is 66.1 cm³/mol. The van der Waals surface area contributed by atoms with Gasteiger partial charge >= 0.3 is 6.55 Å². The van der Waals surface area contributed by atoms with Crippen LogP contribution in [0.2, 0.25) is 0 Å². The van der Waals surface area contributed by atoms with E-state index in [2.05, 4.69) is 10.3 Å². The number of nitrogens with one attached hydrogen (secondary N) is 1. The molecule has 0 atom stereocenters. The van der Waals surface area contributed by atoms with Gasteiger partial charge in [0.05, 0.1) is 6.54 Å². The van der Waals surface area contributed by atoms with Crippen molar-refractivity contribution < 1.29 is 8.78 Å². The Morgan fingerprint density at radius 3 is 2.65 bits per heavy atom. The van der Waals surface area contributed by atoms with Gasteiger partial charge in [0.2, 0.25) is 0 Å². The Morgan fingerprint density at radius 1 is 1.53 bits per heavy atom. The molecule has 0 aliphatic carbocycles. The van der Waals surface area contributed by atoms with Crippen molar-refractivity contribution in [2.75, 3.05) is 20.1 Å². The highest BCUT2D eigenvalue weighted by atomic mass is 35.5. The van der Waals surface area contributed by atoms with E-state index in [0.29, 0.717) is 18.4 Å². The maximum Gasteiger partial charge on any atom is 0.319 e. The van der Waals surface area contributed by atoms with E-state index in [4.69, 9.17) is 0 Å². The first kappa shape index (κ1) is 16.6. The van der Waals surface area contributed by atoms with E-state index < -0.39 is 6.55 Å². The summed E-state index contributed by atoms with van der Waals surface area (Å²) in [6.45, 7) is -0.197. The average Bonchev–Trinajstić information content (AvgIpc) is 2.48. The number of likely N-dealkylation sites (N-methyl/N-ethyl adjacent to an activating group) is 1. The first-order valence-corrected chi connectivity index (χ1v) is 4.89. The highest BCUT2D eigenvalue weighted by Gasteiger charge is 2.23. The zero-order valence-electron chi connectivity index (χ0n) is 9.34. The van der Waals surface area contributed by atoms with E-state index in [1.807, 2.05) is 11.9 Å². The third-order valence-corrected chi connectivity index (χ3v) is 2.73. The van der Waals surface area contributed by atoms with Crippen LogP contribution < -0.4 is 5.32 Å². The second-order valence-corrected chi connectivity index (χ2v) is 3.76. The Morgan fingerprint density at radius 2 is 2.18 bits per heavy atom. The normalized spacial score (nSPS) is 15.4. The van der Waals surface area contributed by atoms with Crippen molar-refractivity contribution in [2.24, 2.45) is 0 Å². The van der Waals surface area contributed by atoms with Gasteiger partial charge in [0, 0.05) is 31.5 Å². The topological polar surface area (TPSA) is 33.1 Å². The fourth-order valence-corrected chi connectivity index (χ4v) is 1.58. The van der Waals surface area contributed by atoms with Crippen molar-refractivity contribution >= 4 is 24.8 Å². The number of nitrogens with zero attached hydrogens (tertiary/aromatic N) is 3. The molecule has 0 saturated carbocycles. The van der Waals surface area contributed by atoms with Crippen LogP contribution in [0.15, 0.2) is 12.4 Å². The van der Waals surface area contributed by atoms with Crippen molar-refractivity contribution in [1.29, 1.82) is 0 Å². The molecule has 100 valence electrons. The standard InChI is InChI=1S/C9H14F2N4.2ClH/c1-14(7-4-12-5-7)6-8-13-2-3-15(8)9(10)11;;/h2-3,7,9,12H,4-6H2,1H3;2*1H. The monoisotopic (exact) mass is 288 g/mol. The molecule has 1 aliphatic rings. The Bertz CT molecular complexity index is 331. The van der Waals surface area contributed by atoms with Crippen LogP contribution in [0, 0.1) is 0 Å². The van der Waals surface area contributed by atoms with Gasteiger partial charge in [-0.15, -0.1) is 24.8 Å². The average molecular weight is 289 g/mol. The summed E-state index contributed by atoms with van der Waals surface area (Å²) in [5, 5.41) is 3.14. The molecule has 0 aromatic carbocycles. The fourth-order valence-electron chi connectivity index (χ4n) is 1.58. The Balaban J connectivity index is 0.00000128. The molecule has 1 aromatic rings. The molecule has 1 saturated heterocycles. The lowest BCUT2D eigenvalue weighted by Crippen LogP contribution is -2.55. The molecule has 2 heterocycles. The summed E-state index contributed by atoms with van der Waals surface area (Å²) in [5.74, 6) is 0.416. The van der Waals surface area contributed by atoms with E-state index in [1.165, 1.54) is 12.4 Å². The van der Waals surface area contributed by atoms with Crippen molar-refractivity contribution in [3.8, 4) is 0 Å². The van der Waals surface area contributed by atoms with E-state index in [-0.39, 0.29) is 24.8 Å². The van der Waals surface area contributed by atoms with Crippen LogP contribution in [0.4, 0.5) is 8.78 Å². The summed E-state index contributed by atoms with van der Waals surface area (Å²) < 4.78 is 25.9. The predicted octanol–water partition coefficient (Wildman–Crippen LogP) is 1.53. The summed E-state index contributed by atoms with van der Waals surface area (Å²) in [7, 11) is 1.93. The van der Waals surface area contributed by atoms with Gasteiger partial charge in [-0.25, -0.2) is 4.98 Å². The first-order valence-electron chi connectivity index (χ1n) is 4.89. The lowest BCUT2D eigenvalue weighted by molar-refractivity contribution is 0.0621. The zero-order chi connectivity index (χ0) is 10.8. The van der Waals surface area contributed by atoms with Gasteiger partial charge < -0.3 is 5.32 Å². The van der Waals surface area contributed by atoms with Crippen LogP contribution in [0.25, 0.3) is 0 Å². The number of rotatable bonds is 4. The fraction of sp³-hybridized carbons (Fsp3) is 0.667. The highest BCUT2D eigenvalue weighted by Crippen LogP contribution is 2.14. The number of hydrogen-bond donors (Lipinski definition) is 1. The molecular formula is C9H16Cl2F2N4. The maximum atomic E-state index is 12.5. The van der Waals surface area contributed by atoms with Crippen LogP contribution in [-0.4, -0.2) is 40.6 Å². The van der Waals surface area contributed by atoms with Gasteiger partial charge in [-0.2, -0.15) is 8.78 Å². The van der Waals surface area contributed by atoms with E-state index in [9.17, 15) is 8.78 Å². The summed E-state index contributed by atoms with van der Waals surface area (Å²) >= 11 is 0. The first-order chi connectivity index (χ1) is 7.18. The van der Waals surface area contributed by atoms with Crippen molar-refractivity contribution in [3.63, 3.8) is 0 Å². The Hall–Kier alpha value is -0.430. The van der Waals surface area contributed by atoms with Crippen LogP contribution in [0.1, 0.15) is 12.4 Å². The quantitative estimate of drug-likeness (QED) is 0.912. The summed E-state index contributed by atoms with van der Waals surface area (Å²) in [6.07, 6.45) is 2.72. The summed E-state index contributed by atoms with van der Waals surface area (Å²) in [5.41, 5.74) is 0. The van der Waals surface area contributed by atoms with Crippen LogP contribution in [-0.2, 0) is 6.54 Å². The molecule has 0 radical (unpaired) electrons. The molecule has 1 N–H and O–H groups in total. The largest absolute Gasteiger partial charge is 0.319 e. The number of aromatic nitrogens is 2. The Kier molecular flexibility index (Phi) is 6.92. The molecular weight excluding hydrogens is 273 g/mol. The lowest BCUT2D eigenvalue weighted by Gasteiger charge is -2.35. The molecule has 1 aliphatic heterocycles. The molecule has 1 aromatic heterocycles. The highest BCUT2D eigenvalue weighted by molar-refractivity contribution is 5.85. The maximum absolute atomic E-state index is 12.5. The molecule has 2 rings (SSSR count). The third kappa shape index (κ3) is 3.77. The van der Waals surface area contributed by atoms with Crippen LogP contribution in [0.5, 0.6) is 0 Å². The minimum absolute atomic E-state index is 0. The minimum Gasteiger partial charge on any atom is -0.314 e. The minimum atomic E-state index is -2.50. The van der Waals surface area contributed by atoms with Gasteiger partial charge in [-0.3, -0.25) is 9.47 Å². The SMILES string of the molecule is CN(Cc1nccn1C(F)F)C1CNC1.Cl.Cl. The molecule has 1 fully saturated rings. The number of alkyl halides is 2. The van der Waals surface area contributed by atoms with Gasteiger partial charge in [0.1, 0.15) is 5.82 Å². The Labute approximate surface area is 111 Å². The van der Waals surface area contributed by atoms with E-state index in [0.717, 1.165) is 17.7 Å². The third-order valence-electron chi connectivity index (χ3n) is 2.73. The van der Waals surface area contributed by atoms with Crippen LogP contribution >= 0.6 is 24.8 Å². The molecule has 0 bridgehead atoms. The van der Waals surface area contributed by atoms with Gasteiger partial charge in [-0.1, -0.05) is 0 Å². The molecule has 0 unspecified atom stereocenters. The molecule has 0 amide bonds. The van der Waals surface area contributed by atoms with Crippen molar-refractivity contribution in [1.82, 2.24) is 19.8 Å². The zero-order valence-corrected chi connectivity index (χ0v) is 11.0. The van der Waals surface area contributed by atoms with Crippen molar-refractivity contribution in [3.05, 3.63) is 18.2 Å². The smallest absolute Gasteiger partial charge is 0.314 e. The van der Waals surface area contributed by atoms with E-state index >= 15 is 0 Å². The number of hydrogen-bond acceptors (Lipinski definition) is 3. The van der Waals surface area contributed by atoms with E-state index in [1.54, 1.807) is 0 Å². The molecule has 17 heavy (non-hydrogen) atoms. The molecule has 0 spiro atoms. The second-order valence-electron chi connectivity index (χ2n) is 3.76. The number of imidazole rings is 1. The molecule has 8 heteroatoms. The van der Waals surface area contributed by atoms with Crippen LogP contribution in [0.3, 0.4) is 0 Å². The van der Waals surface area contributed by atoms with Crippen molar-refractivity contribution in [2.45, 2.75) is 19.1 Å². The summed E-state index contributed by atoms with van der Waals surface area (Å²) in [6, 6.07) is 0.438. The number of halogens is 4. The summed E-state index contributed by atoms with van der Waals surface area (Å²) in [4.78, 5) is 5.98. The van der Waals surface area contributed by atoms with Gasteiger partial charge in [-0.05, 0) is 7.05 Å².